The van der Waals surface area contributed by atoms with Gasteiger partial charge in [-0.3, -0.25) is 0 Å². The number of nitrogens with one attached hydrogen (secondary N) is 1. The third kappa shape index (κ3) is 2.24. The Kier molecular flexibility index (Phi) is 3.23. The maximum Gasteiger partial charge on any atom is 0.0991 e. The Morgan fingerprint density at radius 3 is 2.44 bits per heavy atom. The fraction of sp³-hybridized carbons (Fsp3) is 0.462. The molecule has 1 aromatic carbocycles. The summed E-state index contributed by atoms with van der Waals surface area (Å²) in [6.07, 6.45) is 3.31. The van der Waals surface area contributed by atoms with E-state index in [0.29, 0.717) is 5.56 Å². The lowest BCUT2D eigenvalue weighted by Crippen LogP contribution is -2.53. The molecule has 1 saturated carbocycles. The SMILES string of the molecule is N#Cc1ccc(CNC2(CO)CCC2)cc1. The van der Waals surface area contributed by atoms with Crippen LogP contribution in [-0.2, 0) is 6.54 Å². The fourth-order valence-electron chi connectivity index (χ4n) is 1.98. The Morgan fingerprint density at radius 1 is 1.31 bits per heavy atom. The van der Waals surface area contributed by atoms with Gasteiger partial charge in [-0.15, -0.1) is 0 Å². The molecule has 2 rings (SSSR count). The second kappa shape index (κ2) is 4.65. The minimum absolute atomic E-state index is 0.0477. The number of benzene rings is 1. The molecule has 0 amide bonds. The molecule has 0 unspecified atom stereocenters. The molecule has 1 aromatic rings. The summed E-state index contributed by atoms with van der Waals surface area (Å²) < 4.78 is 0. The first kappa shape index (κ1) is 11.1. The largest absolute Gasteiger partial charge is 0.394 e. The molecule has 84 valence electrons. The van der Waals surface area contributed by atoms with Crippen LogP contribution in [0, 0.1) is 11.3 Å². The molecular weight excluding hydrogens is 200 g/mol. The van der Waals surface area contributed by atoms with E-state index in [2.05, 4.69) is 11.4 Å². The fourth-order valence-corrected chi connectivity index (χ4v) is 1.98. The molecule has 0 bridgehead atoms. The van der Waals surface area contributed by atoms with Crippen molar-refractivity contribution in [3.05, 3.63) is 35.4 Å². The van der Waals surface area contributed by atoms with E-state index in [0.717, 1.165) is 24.9 Å². The highest BCUT2D eigenvalue weighted by Crippen LogP contribution is 2.31. The first-order valence-electron chi connectivity index (χ1n) is 5.63. The first-order valence-corrected chi connectivity index (χ1v) is 5.63. The molecule has 16 heavy (non-hydrogen) atoms. The van der Waals surface area contributed by atoms with Crippen LogP contribution in [0.5, 0.6) is 0 Å². The third-order valence-corrected chi connectivity index (χ3v) is 3.36. The standard InChI is InChI=1S/C13H16N2O/c14-8-11-2-4-12(5-3-11)9-15-13(10-16)6-1-7-13/h2-5,15-16H,1,6-7,9-10H2. The minimum Gasteiger partial charge on any atom is -0.394 e. The summed E-state index contributed by atoms with van der Waals surface area (Å²) in [5.74, 6) is 0. The third-order valence-electron chi connectivity index (χ3n) is 3.36. The van der Waals surface area contributed by atoms with Crippen LogP contribution in [0.1, 0.15) is 30.4 Å². The zero-order chi connectivity index (χ0) is 11.4. The molecule has 0 heterocycles. The monoisotopic (exact) mass is 216 g/mol. The van der Waals surface area contributed by atoms with Gasteiger partial charge in [0.05, 0.1) is 18.2 Å². The van der Waals surface area contributed by atoms with E-state index in [1.165, 1.54) is 6.42 Å². The molecule has 0 saturated heterocycles. The zero-order valence-corrected chi connectivity index (χ0v) is 9.24. The normalized spacial score (nSPS) is 17.5. The van der Waals surface area contributed by atoms with E-state index < -0.39 is 0 Å². The van der Waals surface area contributed by atoms with Crippen LogP contribution in [0.4, 0.5) is 0 Å². The van der Waals surface area contributed by atoms with Gasteiger partial charge in [0.25, 0.3) is 0 Å². The van der Waals surface area contributed by atoms with Gasteiger partial charge in [-0.25, -0.2) is 0 Å². The lowest BCUT2D eigenvalue weighted by Gasteiger charge is -2.41. The number of aliphatic hydroxyl groups is 1. The second-order valence-electron chi connectivity index (χ2n) is 4.45. The Morgan fingerprint density at radius 2 is 2.00 bits per heavy atom. The van der Waals surface area contributed by atoms with Crippen LogP contribution < -0.4 is 5.32 Å². The predicted octanol–water partition coefficient (Wildman–Crippen LogP) is 1.56. The number of nitrogens with zero attached hydrogens (tertiary/aromatic N) is 1. The Labute approximate surface area is 95.7 Å². The quantitative estimate of drug-likeness (QED) is 0.803. The molecule has 3 nitrogen and oxygen atoms in total. The maximum atomic E-state index is 9.29. The molecule has 1 fully saturated rings. The lowest BCUT2D eigenvalue weighted by atomic mass is 9.77. The molecular formula is C13H16N2O. The van der Waals surface area contributed by atoms with Gasteiger partial charge in [0.15, 0.2) is 0 Å². The highest BCUT2D eigenvalue weighted by atomic mass is 16.3. The molecule has 0 atom stereocenters. The predicted molar refractivity (Wildman–Crippen MR) is 61.7 cm³/mol. The molecule has 1 aliphatic rings. The summed E-state index contributed by atoms with van der Waals surface area (Å²) in [6, 6.07) is 9.65. The number of rotatable bonds is 4. The van der Waals surface area contributed by atoms with Gasteiger partial charge in [-0.2, -0.15) is 5.26 Å². The van der Waals surface area contributed by atoms with Crippen LogP contribution in [0.15, 0.2) is 24.3 Å². The first-order chi connectivity index (χ1) is 7.78. The van der Waals surface area contributed by atoms with Gasteiger partial charge >= 0.3 is 0 Å². The average molecular weight is 216 g/mol. The summed E-state index contributed by atoms with van der Waals surface area (Å²) >= 11 is 0. The van der Waals surface area contributed by atoms with E-state index in [1.54, 1.807) is 0 Å². The van der Waals surface area contributed by atoms with E-state index in [4.69, 9.17) is 5.26 Å². The number of nitriles is 1. The molecule has 2 N–H and O–H groups in total. The maximum absolute atomic E-state index is 9.29. The van der Waals surface area contributed by atoms with Crippen molar-refractivity contribution in [3.8, 4) is 6.07 Å². The summed E-state index contributed by atoms with van der Waals surface area (Å²) in [4.78, 5) is 0. The summed E-state index contributed by atoms with van der Waals surface area (Å²) in [6.45, 7) is 0.968. The Hall–Kier alpha value is -1.37. The molecule has 0 aliphatic heterocycles. The summed E-state index contributed by atoms with van der Waals surface area (Å²) in [7, 11) is 0. The van der Waals surface area contributed by atoms with Crippen LogP contribution in [0.2, 0.25) is 0 Å². The number of hydrogen-bond acceptors (Lipinski definition) is 3. The van der Waals surface area contributed by atoms with Crippen molar-refractivity contribution < 1.29 is 5.11 Å². The van der Waals surface area contributed by atoms with Gasteiger partial charge in [0.1, 0.15) is 0 Å². The van der Waals surface area contributed by atoms with Crippen molar-refractivity contribution in [1.29, 1.82) is 5.26 Å². The van der Waals surface area contributed by atoms with Crippen LogP contribution in [0.3, 0.4) is 0 Å². The highest BCUT2D eigenvalue weighted by Gasteiger charge is 2.35. The minimum atomic E-state index is -0.0477. The second-order valence-corrected chi connectivity index (χ2v) is 4.45. The Balaban J connectivity index is 1.92. The van der Waals surface area contributed by atoms with Gasteiger partial charge < -0.3 is 10.4 Å². The van der Waals surface area contributed by atoms with Crippen molar-refractivity contribution in [2.24, 2.45) is 0 Å². The van der Waals surface area contributed by atoms with Gasteiger partial charge in [0.2, 0.25) is 0 Å². The highest BCUT2D eigenvalue weighted by molar-refractivity contribution is 5.31. The van der Waals surface area contributed by atoms with Crippen LogP contribution in [-0.4, -0.2) is 17.3 Å². The van der Waals surface area contributed by atoms with Gasteiger partial charge in [0, 0.05) is 12.1 Å². The Bertz CT molecular complexity index is 382. The molecule has 3 heteroatoms. The molecule has 0 radical (unpaired) electrons. The number of aliphatic hydroxyl groups excluding tert-OH is 1. The van der Waals surface area contributed by atoms with E-state index in [1.807, 2.05) is 24.3 Å². The number of hydrogen-bond donors (Lipinski definition) is 2. The molecule has 1 aliphatic carbocycles. The van der Waals surface area contributed by atoms with Crippen molar-refractivity contribution in [2.45, 2.75) is 31.3 Å². The average Bonchev–Trinajstić information content (AvgIpc) is 2.29. The summed E-state index contributed by atoms with van der Waals surface area (Å²) in [5, 5.41) is 21.4. The lowest BCUT2D eigenvalue weighted by molar-refractivity contribution is 0.0872. The zero-order valence-electron chi connectivity index (χ0n) is 9.24. The van der Waals surface area contributed by atoms with Crippen molar-refractivity contribution in [2.75, 3.05) is 6.61 Å². The molecule has 0 aromatic heterocycles. The van der Waals surface area contributed by atoms with Crippen molar-refractivity contribution >= 4 is 0 Å². The van der Waals surface area contributed by atoms with Crippen molar-refractivity contribution in [3.63, 3.8) is 0 Å². The summed E-state index contributed by atoms with van der Waals surface area (Å²) in [5.41, 5.74) is 1.79. The van der Waals surface area contributed by atoms with E-state index in [9.17, 15) is 5.11 Å². The van der Waals surface area contributed by atoms with E-state index >= 15 is 0 Å². The van der Waals surface area contributed by atoms with E-state index in [-0.39, 0.29) is 12.1 Å². The van der Waals surface area contributed by atoms with Gasteiger partial charge in [-0.05, 0) is 37.0 Å². The van der Waals surface area contributed by atoms with Gasteiger partial charge in [-0.1, -0.05) is 12.1 Å². The van der Waals surface area contributed by atoms with Crippen LogP contribution >= 0.6 is 0 Å². The van der Waals surface area contributed by atoms with Crippen LogP contribution in [0.25, 0.3) is 0 Å². The van der Waals surface area contributed by atoms with Crippen molar-refractivity contribution in [1.82, 2.24) is 5.32 Å². The topological polar surface area (TPSA) is 56.0 Å². The molecule has 0 spiro atoms. The smallest absolute Gasteiger partial charge is 0.0991 e.